The van der Waals surface area contributed by atoms with Crippen LogP contribution in [0, 0.1) is 0 Å². The second-order valence-corrected chi connectivity index (χ2v) is 5.82. The third-order valence-corrected chi connectivity index (χ3v) is 4.74. The smallest absolute Gasteiger partial charge is 0.263 e. The maximum atomic E-state index is 12.6. The summed E-state index contributed by atoms with van der Waals surface area (Å²) in [5, 5.41) is -0.0812. The van der Waals surface area contributed by atoms with Crippen molar-refractivity contribution >= 4 is 15.7 Å². The van der Waals surface area contributed by atoms with E-state index in [9.17, 15) is 8.42 Å². The lowest BCUT2D eigenvalue weighted by Gasteiger charge is -2.26. The highest BCUT2D eigenvalue weighted by molar-refractivity contribution is 7.89. The lowest BCUT2D eigenvalue weighted by atomic mass is 10.4. The van der Waals surface area contributed by atoms with Gasteiger partial charge in [0.2, 0.25) is 0 Å². The number of pyridine rings is 1. The summed E-state index contributed by atoms with van der Waals surface area (Å²) in [7, 11) is -2.18. The highest BCUT2D eigenvalue weighted by Gasteiger charge is 2.30. The van der Waals surface area contributed by atoms with E-state index in [1.807, 2.05) is 0 Å². The first-order valence-corrected chi connectivity index (χ1v) is 7.35. The number of nitrogens with one attached hydrogen (secondary N) is 1. The molecule has 0 spiro atoms. The van der Waals surface area contributed by atoms with Gasteiger partial charge in [-0.1, -0.05) is 6.92 Å². The van der Waals surface area contributed by atoms with E-state index >= 15 is 0 Å². The second kappa shape index (κ2) is 6.80. The van der Waals surface area contributed by atoms with Crippen LogP contribution in [0.3, 0.4) is 0 Å². The van der Waals surface area contributed by atoms with Crippen LogP contribution in [0.4, 0.5) is 5.69 Å². The summed E-state index contributed by atoms with van der Waals surface area (Å²) in [5.41, 5.74) is 2.62. The Balaban J connectivity index is 3.20. The molecule has 0 aliphatic heterocycles. The number of anilines is 1. The molecule has 8 heteroatoms. The zero-order valence-electron chi connectivity index (χ0n) is 11.3. The molecule has 0 aromatic carbocycles. The predicted molar refractivity (Wildman–Crippen MR) is 73.0 cm³/mol. The van der Waals surface area contributed by atoms with Gasteiger partial charge in [0.15, 0.2) is 5.03 Å². The van der Waals surface area contributed by atoms with Crippen molar-refractivity contribution in [2.45, 2.75) is 24.9 Å². The van der Waals surface area contributed by atoms with Gasteiger partial charge in [-0.05, 0) is 19.1 Å². The minimum Gasteiger partial charge on any atom is -0.383 e. The van der Waals surface area contributed by atoms with Crippen molar-refractivity contribution < 1.29 is 13.2 Å². The van der Waals surface area contributed by atoms with Crippen molar-refractivity contribution in [2.75, 3.05) is 25.7 Å². The molecule has 1 heterocycles. The van der Waals surface area contributed by atoms with Gasteiger partial charge in [0.1, 0.15) is 0 Å². The molecule has 0 bridgehead atoms. The topological polar surface area (TPSA) is 97.5 Å². The molecule has 7 nitrogen and oxygen atoms in total. The van der Waals surface area contributed by atoms with Gasteiger partial charge in [-0.3, -0.25) is 5.84 Å². The van der Waals surface area contributed by atoms with Gasteiger partial charge < -0.3 is 10.2 Å². The zero-order valence-corrected chi connectivity index (χ0v) is 12.1. The van der Waals surface area contributed by atoms with E-state index in [1.165, 1.54) is 17.6 Å². The maximum Gasteiger partial charge on any atom is 0.263 e. The monoisotopic (exact) mass is 288 g/mol. The molecule has 0 fully saturated rings. The zero-order chi connectivity index (χ0) is 14.5. The number of nitrogen functional groups attached to an aromatic ring is 1. The van der Waals surface area contributed by atoms with Crippen LogP contribution >= 0.6 is 0 Å². The Morgan fingerprint density at radius 2 is 2.26 bits per heavy atom. The number of hydrogen-bond acceptors (Lipinski definition) is 6. The number of nitrogens with two attached hydrogens (primary N) is 1. The van der Waals surface area contributed by atoms with Gasteiger partial charge in [-0.2, -0.15) is 4.31 Å². The molecule has 1 unspecified atom stereocenters. The summed E-state index contributed by atoms with van der Waals surface area (Å²) in [4.78, 5) is 3.92. The average Bonchev–Trinajstić information content (AvgIpc) is 2.39. The van der Waals surface area contributed by atoms with Crippen molar-refractivity contribution in [1.29, 1.82) is 0 Å². The lowest BCUT2D eigenvalue weighted by Crippen LogP contribution is -2.41. The second-order valence-electron chi connectivity index (χ2n) is 4.01. The molecule has 0 aliphatic rings. The van der Waals surface area contributed by atoms with Crippen molar-refractivity contribution in [3.8, 4) is 0 Å². The first kappa shape index (κ1) is 15.8. The van der Waals surface area contributed by atoms with Gasteiger partial charge >= 0.3 is 0 Å². The largest absolute Gasteiger partial charge is 0.383 e. The first-order chi connectivity index (χ1) is 8.98. The van der Waals surface area contributed by atoms with Gasteiger partial charge in [0.25, 0.3) is 10.0 Å². The van der Waals surface area contributed by atoms with Gasteiger partial charge in [0, 0.05) is 25.9 Å². The number of hydrazine groups is 1. The number of ether oxygens (including phenoxy) is 1. The van der Waals surface area contributed by atoms with Crippen molar-refractivity contribution in [1.82, 2.24) is 9.29 Å². The van der Waals surface area contributed by atoms with E-state index in [2.05, 4.69) is 10.4 Å². The molecular weight excluding hydrogens is 268 g/mol. The van der Waals surface area contributed by atoms with Crippen molar-refractivity contribution in [3.63, 3.8) is 0 Å². The lowest BCUT2D eigenvalue weighted by molar-refractivity contribution is 0.142. The summed E-state index contributed by atoms with van der Waals surface area (Å²) in [5.74, 6) is 5.33. The van der Waals surface area contributed by atoms with Crippen LogP contribution in [-0.2, 0) is 14.8 Å². The number of aromatic nitrogens is 1. The molecule has 0 amide bonds. The minimum absolute atomic E-state index is 0.0812. The normalized spacial score (nSPS) is 13.5. The molecule has 1 aromatic heterocycles. The fourth-order valence-electron chi connectivity index (χ4n) is 1.86. The van der Waals surface area contributed by atoms with Crippen LogP contribution < -0.4 is 11.3 Å². The summed E-state index contributed by atoms with van der Waals surface area (Å²) >= 11 is 0. The quantitative estimate of drug-likeness (QED) is 0.557. The van der Waals surface area contributed by atoms with Crippen LogP contribution in [0.2, 0.25) is 0 Å². The molecule has 1 aromatic rings. The van der Waals surface area contributed by atoms with E-state index in [-0.39, 0.29) is 16.8 Å². The van der Waals surface area contributed by atoms with E-state index in [0.717, 1.165) is 0 Å². The third-order valence-electron chi connectivity index (χ3n) is 2.69. The SMILES string of the molecule is CCN(C(C)COC)S(=O)(=O)c1ncccc1NN. The Morgan fingerprint density at radius 3 is 2.79 bits per heavy atom. The molecular formula is C11H20N4O3S. The fourth-order valence-corrected chi connectivity index (χ4v) is 3.56. The van der Waals surface area contributed by atoms with Gasteiger partial charge in [-0.25, -0.2) is 13.4 Å². The summed E-state index contributed by atoms with van der Waals surface area (Å²) in [6.07, 6.45) is 1.42. The Labute approximate surface area is 113 Å². The van der Waals surface area contributed by atoms with E-state index in [1.54, 1.807) is 26.0 Å². The maximum absolute atomic E-state index is 12.6. The van der Waals surface area contributed by atoms with Crippen LogP contribution in [0.1, 0.15) is 13.8 Å². The van der Waals surface area contributed by atoms with Gasteiger partial charge in [0.05, 0.1) is 12.3 Å². The van der Waals surface area contributed by atoms with Crippen LogP contribution in [0.5, 0.6) is 0 Å². The van der Waals surface area contributed by atoms with Crippen molar-refractivity contribution in [2.24, 2.45) is 5.84 Å². The third kappa shape index (κ3) is 3.41. The Hall–Kier alpha value is -1.22. The van der Waals surface area contributed by atoms with Crippen LogP contribution in [0.15, 0.2) is 23.4 Å². The number of methoxy groups -OCH3 is 1. The average molecular weight is 288 g/mol. The molecule has 0 saturated heterocycles. The molecule has 0 radical (unpaired) electrons. The molecule has 108 valence electrons. The van der Waals surface area contributed by atoms with Crippen LogP contribution in [0.25, 0.3) is 0 Å². The van der Waals surface area contributed by atoms with Crippen molar-refractivity contribution in [3.05, 3.63) is 18.3 Å². The Morgan fingerprint density at radius 1 is 1.58 bits per heavy atom. The van der Waals surface area contributed by atoms with E-state index < -0.39 is 10.0 Å². The van der Waals surface area contributed by atoms with E-state index in [0.29, 0.717) is 13.2 Å². The van der Waals surface area contributed by atoms with Crippen LogP contribution in [-0.4, -0.2) is 44.0 Å². The number of sulfonamides is 1. The Bertz CT molecular complexity index is 506. The Kier molecular flexibility index (Phi) is 5.67. The molecule has 0 aliphatic carbocycles. The number of likely N-dealkylation sites (N-methyl/N-ethyl adjacent to an activating group) is 1. The highest BCUT2D eigenvalue weighted by atomic mass is 32.2. The van der Waals surface area contributed by atoms with Gasteiger partial charge in [-0.15, -0.1) is 0 Å². The fraction of sp³-hybridized carbons (Fsp3) is 0.545. The standard InChI is InChI=1S/C11H20N4O3S/c1-4-15(9(2)8-18-3)19(16,17)11-10(14-12)6-5-7-13-11/h5-7,9,14H,4,8,12H2,1-3H3. The number of hydrogen-bond donors (Lipinski definition) is 2. The minimum atomic E-state index is -3.72. The molecule has 19 heavy (non-hydrogen) atoms. The summed E-state index contributed by atoms with van der Waals surface area (Å²) in [6, 6.07) is 2.89. The molecule has 3 N–H and O–H groups in total. The highest BCUT2D eigenvalue weighted by Crippen LogP contribution is 2.22. The molecule has 1 rings (SSSR count). The summed E-state index contributed by atoms with van der Waals surface area (Å²) < 4.78 is 31.5. The summed E-state index contributed by atoms with van der Waals surface area (Å²) in [6.45, 7) is 4.18. The number of nitrogens with zero attached hydrogens (tertiary/aromatic N) is 2. The predicted octanol–water partition coefficient (Wildman–Crippen LogP) is 0.413. The number of rotatable bonds is 7. The molecule has 0 saturated carbocycles. The molecule has 1 atom stereocenters. The first-order valence-electron chi connectivity index (χ1n) is 5.91. The van der Waals surface area contributed by atoms with E-state index in [4.69, 9.17) is 10.6 Å².